The van der Waals surface area contributed by atoms with Gasteiger partial charge in [0.25, 0.3) is 5.91 Å². The van der Waals surface area contributed by atoms with E-state index in [0.29, 0.717) is 33.5 Å². The van der Waals surface area contributed by atoms with Crippen molar-refractivity contribution in [3.63, 3.8) is 0 Å². The van der Waals surface area contributed by atoms with E-state index in [2.05, 4.69) is 21.2 Å². The molecule has 0 bridgehead atoms. The number of hydrogen-bond acceptors (Lipinski definition) is 7. The molecule has 8 nitrogen and oxygen atoms in total. The number of nitriles is 1. The molecule has 0 aliphatic heterocycles. The molecule has 0 saturated heterocycles. The van der Waals surface area contributed by atoms with Gasteiger partial charge in [-0.3, -0.25) is 4.79 Å². The highest BCUT2D eigenvalue weighted by Crippen LogP contribution is 2.38. The van der Waals surface area contributed by atoms with E-state index in [1.165, 1.54) is 18.2 Å². The molecule has 0 aliphatic rings. The Bertz CT molecular complexity index is 1360. The van der Waals surface area contributed by atoms with Gasteiger partial charge in [0.15, 0.2) is 11.5 Å². The maximum atomic E-state index is 12.7. The van der Waals surface area contributed by atoms with Crippen LogP contribution in [0, 0.1) is 11.3 Å². The first-order valence-electron chi connectivity index (χ1n) is 11.3. The monoisotopic (exact) mass is 562 g/mol. The number of amides is 1. The second-order valence-corrected chi connectivity index (χ2v) is 8.29. The molecule has 37 heavy (non-hydrogen) atoms. The molecule has 0 atom stereocenters. The number of carbonyl (C=O) groups is 3. The molecule has 3 rings (SSSR count). The van der Waals surface area contributed by atoms with E-state index in [0.717, 1.165) is 0 Å². The maximum absolute atomic E-state index is 12.7. The minimum atomic E-state index is -0.639. The summed E-state index contributed by atoms with van der Waals surface area (Å²) in [6.07, 6.45) is 1.39. The fourth-order valence-electron chi connectivity index (χ4n) is 3.18. The second kappa shape index (κ2) is 13.0. The van der Waals surface area contributed by atoms with Crippen LogP contribution in [0.3, 0.4) is 0 Å². The van der Waals surface area contributed by atoms with Gasteiger partial charge in [-0.2, -0.15) is 5.26 Å². The fraction of sp³-hybridized carbons (Fsp3) is 0.143. The number of nitrogens with zero attached hydrogens (tertiary/aromatic N) is 1. The van der Waals surface area contributed by atoms with Crippen LogP contribution in [-0.2, 0) is 9.53 Å². The topological polar surface area (TPSA) is 115 Å². The van der Waals surface area contributed by atoms with E-state index in [4.69, 9.17) is 14.2 Å². The highest BCUT2D eigenvalue weighted by atomic mass is 79.9. The van der Waals surface area contributed by atoms with Gasteiger partial charge in [0.2, 0.25) is 0 Å². The first-order valence-corrected chi connectivity index (χ1v) is 12.1. The molecule has 0 spiro atoms. The molecule has 0 aromatic heterocycles. The summed E-state index contributed by atoms with van der Waals surface area (Å²) in [5.41, 5.74) is 1.42. The zero-order valence-corrected chi connectivity index (χ0v) is 21.7. The summed E-state index contributed by atoms with van der Waals surface area (Å²) in [5.74, 6) is -1.22. The van der Waals surface area contributed by atoms with Crippen LogP contribution < -0.4 is 14.8 Å². The van der Waals surface area contributed by atoms with Crippen LogP contribution >= 0.6 is 15.9 Å². The quantitative estimate of drug-likeness (QED) is 0.152. The summed E-state index contributed by atoms with van der Waals surface area (Å²) in [4.78, 5) is 37.1. The summed E-state index contributed by atoms with van der Waals surface area (Å²) in [7, 11) is 0. The van der Waals surface area contributed by atoms with Crippen molar-refractivity contribution in [3.05, 3.63) is 93.5 Å². The normalized spacial score (nSPS) is 10.7. The summed E-state index contributed by atoms with van der Waals surface area (Å²) < 4.78 is 16.6. The van der Waals surface area contributed by atoms with Crippen molar-refractivity contribution < 1.29 is 28.6 Å². The van der Waals surface area contributed by atoms with Gasteiger partial charge in [-0.05, 0) is 89.9 Å². The second-order valence-electron chi connectivity index (χ2n) is 7.44. The predicted octanol–water partition coefficient (Wildman–Crippen LogP) is 5.79. The SMILES string of the molecule is CCOC(=O)c1ccc(NC(=O)/C(C#N)=C/c2cc(Br)c(OC(=O)c3ccccc3)c(OCC)c2)cc1. The van der Waals surface area contributed by atoms with Gasteiger partial charge in [-0.25, -0.2) is 9.59 Å². The third-order valence-corrected chi connectivity index (χ3v) is 5.45. The van der Waals surface area contributed by atoms with Crippen molar-refractivity contribution in [1.82, 2.24) is 0 Å². The average Bonchev–Trinajstić information content (AvgIpc) is 2.90. The van der Waals surface area contributed by atoms with Crippen molar-refractivity contribution in [1.29, 1.82) is 5.26 Å². The number of halogens is 1. The standard InChI is InChI=1S/C28H23BrN2O6/c1-3-35-24-16-18(15-23(29)25(24)37-28(34)19-8-6-5-7-9-19)14-21(17-30)26(32)31-22-12-10-20(11-13-22)27(33)36-4-2/h5-16H,3-4H2,1-2H3,(H,31,32)/b21-14+. The van der Waals surface area contributed by atoms with Gasteiger partial charge in [0.1, 0.15) is 11.6 Å². The van der Waals surface area contributed by atoms with Gasteiger partial charge in [-0.15, -0.1) is 0 Å². The van der Waals surface area contributed by atoms with E-state index < -0.39 is 17.8 Å². The number of rotatable bonds is 9. The molecule has 1 N–H and O–H groups in total. The van der Waals surface area contributed by atoms with E-state index in [1.54, 1.807) is 68.4 Å². The Balaban J connectivity index is 1.82. The van der Waals surface area contributed by atoms with Crippen molar-refractivity contribution in [2.75, 3.05) is 18.5 Å². The summed E-state index contributed by atoms with van der Waals surface area (Å²) in [6.45, 7) is 4.04. The molecule has 0 radical (unpaired) electrons. The van der Waals surface area contributed by atoms with Crippen LogP contribution in [0.4, 0.5) is 5.69 Å². The smallest absolute Gasteiger partial charge is 0.343 e. The zero-order chi connectivity index (χ0) is 26.8. The Kier molecular flexibility index (Phi) is 9.58. The Morgan fingerprint density at radius 3 is 2.24 bits per heavy atom. The number of ether oxygens (including phenoxy) is 3. The van der Waals surface area contributed by atoms with Crippen LogP contribution in [-0.4, -0.2) is 31.1 Å². The zero-order valence-electron chi connectivity index (χ0n) is 20.1. The lowest BCUT2D eigenvalue weighted by Gasteiger charge is -2.14. The van der Waals surface area contributed by atoms with Gasteiger partial charge in [0, 0.05) is 5.69 Å². The Labute approximate surface area is 222 Å². The average molecular weight is 563 g/mol. The molecule has 188 valence electrons. The van der Waals surface area contributed by atoms with Crippen LogP contribution in [0.1, 0.15) is 40.1 Å². The lowest BCUT2D eigenvalue weighted by atomic mass is 10.1. The highest BCUT2D eigenvalue weighted by molar-refractivity contribution is 9.10. The maximum Gasteiger partial charge on any atom is 0.343 e. The molecular formula is C28H23BrN2O6. The van der Waals surface area contributed by atoms with Crippen molar-refractivity contribution in [3.8, 4) is 17.6 Å². The van der Waals surface area contributed by atoms with Crippen LogP contribution in [0.2, 0.25) is 0 Å². The van der Waals surface area contributed by atoms with Crippen molar-refractivity contribution in [2.24, 2.45) is 0 Å². The van der Waals surface area contributed by atoms with Gasteiger partial charge >= 0.3 is 11.9 Å². The summed E-state index contributed by atoms with van der Waals surface area (Å²) in [5, 5.41) is 12.2. The molecule has 0 fully saturated rings. The lowest BCUT2D eigenvalue weighted by Crippen LogP contribution is -2.14. The summed E-state index contributed by atoms with van der Waals surface area (Å²) in [6, 6.07) is 19.7. The van der Waals surface area contributed by atoms with E-state index >= 15 is 0 Å². The molecule has 0 aliphatic carbocycles. The molecule has 1 amide bonds. The molecule has 0 saturated carbocycles. The predicted molar refractivity (Wildman–Crippen MR) is 141 cm³/mol. The summed E-state index contributed by atoms with van der Waals surface area (Å²) >= 11 is 3.39. The fourth-order valence-corrected chi connectivity index (χ4v) is 3.72. The minimum Gasteiger partial charge on any atom is -0.490 e. The lowest BCUT2D eigenvalue weighted by molar-refractivity contribution is -0.112. The number of anilines is 1. The molecule has 3 aromatic carbocycles. The Morgan fingerprint density at radius 2 is 1.62 bits per heavy atom. The van der Waals surface area contributed by atoms with E-state index in [9.17, 15) is 19.6 Å². The Hall–Kier alpha value is -4.42. The number of carbonyl (C=O) groups excluding carboxylic acids is 3. The first kappa shape index (κ1) is 27.2. The van der Waals surface area contributed by atoms with Crippen molar-refractivity contribution in [2.45, 2.75) is 13.8 Å². The number of nitrogens with one attached hydrogen (secondary N) is 1. The van der Waals surface area contributed by atoms with Gasteiger partial charge < -0.3 is 19.5 Å². The third kappa shape index (κ3) is 7.29. The molecule has 0 unspecified atom stereocenters. The van der Waals surface area contributed by atoms with Crippen molar-refractivity contribution >= 4 is 45.5 Å². The minimum absolute atomic E-state index is 0.169. The van der Waals surface area contributed by atoms with Crippen LogP contribution in [0.5, 0.6) is 11.5 Å². The van der Waals surface area contributed by atoms with Gasteiger partial charge in [0.05, 0.1) is 28.8 Å². The number of hydrogen-bond donors (Lipinski definition) is 1. The van der Waals surface area contributed by atoms with Crippen LogP contribution in [0.15, 0.2) is 76.8 Å². The molecule has 3 aromatic rings. The number of esters is 2. The molecule has 9 heteroatoms. The Morgan fingerprint density at radius 1 is 0.946 bits per heavy atom. The largest absolute Gasteiger partial charge is 0.490 e. The highest BCUT2D eigenvalue weighted by Gasteiger charge is 2.18. The molecular weight excluding hydrogens is 540 g/mol. The molecule has 0 heterocycles. The van der Waals surface area contributed by atoms with Crippen LogP contribution in [0.25, 0.3) is 6.08 Å². The van der Waals surface area contributed by atoms with E-state index in [1.807, 2.05) is 6.07 Å². The van der Waals surface area contributed by atoms with E-state index in [-0.39, 0.29) is 23.7 Å². The third-order valence-electron chi connectivity index (χ3n) is 4.87. The first-order chi connectivity index (χ1) is 17.9. The number of benzene rings is 3. The van der Waals surface area contributed by atoms with Gasteiger partial charge in [-0.1, -0.05) is 18.2 Å².